The zero-order chi connectivity index (χ0) is 22.6. The van der Waals surface area contributed by atoms with E-state index in [1.165, 1.54) is 0 Å². The van der Waals surface area contributed by atoms with Crippen molar-refractivity contribution < 1.29 is 17.8 Å². The van der Waals surface area contributed by atoms with E-state index in [9.17, 15) is 13.2 Å². The van der Waals surface area contributed by atoms with Gasteiger partial charge in [-0.3, -0.25) is 14.1 Å². The molecule has 3 aromatic rings. The SMILES string of the molecule is CCc1cnc([C@H](Cc2ccc(NS(=O)(=O)O)cc2)NC(=O)Cc2nc(C)sc2C)[nH]1. The summed E-state index contributed by atoms with van der Waals surface area (Å²) in [6.45, 7) is 5.88. The lowest BCUT2D eigenvalue weighted by Crippen LogP contribution is -2.32. The standard InChI is InChI=1S/C20H25N5O4S2/c1-4-15-11-21-20(23-15)18(24-19(26)10-17-12(2)30-13(3)22-17)9-14-5-7-16(8-6-14)25-31(27,28)29/h5-8,11,18,25H,4,9-10H2,1-3H3,(H,21,23)(H,24,26)(H,27,28,29)/t18-/m0/s1. The minimum atomic E-state index is -4.33. The molecule has 1 aromatic carbocycles. The maximum atomic E-state index is 12.7. The van der Waals surface area contributed by atoms with Gasteiger partial charge in [-0.1, -0.05) is 19.1 Å². The number of aromatic nitrogens is 3. The minimum absolute atomic E-state index is 0.155. The number of aromatic amines is 1. The third-order valence-corrected chi connectivity index (χ3v) is 6.08. The van der Waals surface area contributed by atoms with Gasteiger partial charge < -0.3 is 10.3 Å². The lowest BCUT2D eigenvalue weighted by Gasteiger charge is -2.17. The summed E-state index contributed by atoms with van der Waals surface area (Å²) in [5.74, 6) is 0.494. The van der Waals surface area contributed by atoms with E-state index >= 15 is 0 Å². The van der Waals surface area contributed by atoms with Gasteiger partial charge in [0, 0.05) is 16.8 Å². The number of nitrogens with one attached hydrogen (secondary N) is 3. The molecule has 11 heteroatoms. The molecule has 31 heavy (non-hydrogen) atoms. The molecule has 2 aromatic heterocycles. The predicted molar refractivity (Wildman–Crippen MR) is 119 cm³/mol. The minimum Gasteiger partial charge on any atom is -0.345 e. The first kappa shape index (κ1) is 22.9. The van der Waals surface area contributed by atoms with E-state index in [0.29, 0.717) is 12.2 Å². The van der Waals surface area contributed by atoms with Gasteiger partial charge in [-0.05, 0) is 44.4 Å². The Bertz CT molecular complexity index is 1150. The number of aryl methyl sites for hydroxylation is 3. The number of hydrogen-bond donors (Lipinski definition) is 4. The summed E-state index contributed by atoms with van der Waals surface area (Å²) in [4.78, 5) is 25.9. The van der Waals surface area contributed by atoms with Gasteiger partial charge in [-0.15, -0.1) is 11.3 Å². The van der Waals surface area contributed by atoms with Gasteiger partial charge in [0.05, 0.1) is 28.9 Å². The van der Waals surface area contributed by atoms with Crippen LogP contribution >= 0.6 is 11.3 Å². The zero-order valence-corrected chi connectivity index (χ0v) is 19.1. The molecule has 0 saturated heterocycles. The third-order valence-electron chi connectivity index (χ3n) is 4.66. The Balaban J connectivity index is 1.76. The number of carbonyl (C=O) groups is 1. The van der Waals surface area contributed by atoms with Crippen LogP contribution in [-0.2, 0) is 34.4 Å². The number of amides is 1. The average molecular weight is 464 g/mol. The van der Waals surface area contributed by atoms with Crippen molar-refractivity contribution >= 4 is 33.2 Å². The van der Waals surface area contributed by atoms with E-state index in [-0.39, 0.29) is 18.0 Å². The number of nitrogens with zero attached hydrogens (tertiary/aromatic N) is 2. The second-order valence-corrected chi connectivity index (χ2v) is 9.72. The summed E-state index contributed by atoms with van der Waals surface area (Å²) >= 11 is 1.56. The fourth-order valence-corrected chi connectivity index (χ4v) is 4.44. The molecular weight excluding hydrogens is 438 g/mol. The highest BCUT2D eigenvalue weighted by Crippen LogP contribution is 2.20. The van der Waals surface area contributed by atoms with Crippen LogP contribution in [0.4, 0.5) is 5.69 Å². The molecule has 3 rings (SSSR count). The summed E-state index contributed by atoms with van der Waals surface area (Å²) in [6.07, 6.45) is 3.18. The van der Waals surface area contributed by atoms with E-state index in [4.69, 9.17) is 4.55 Å². The van der Waals surface area contributed by atoms with Crippen LogP contribution in [0.1, 0.15) is 45.6 Å². The van der Waals surface area contributed by atoms with Crippen LogP contribution in [-0.4, -0.2) is 33.8 Å². The molecule has 166 valence electrons. The fourth-order valence-electron chi connectivity index (χ4n) is 3.18. The van der Waals surface area contributed by atoms with E-state index in [1.54, 1.807) is 41.8 Å². The van der Waals surface area contributed by atoms with Crippen LogP contribution in [0.3, 0.4) is 0 Å². The second-order valence-electron chi connectivity index (χ2n) is 7.16. The predicted octanol–water partition coefficient (Wildman–Crippen LogP) is 2.90. The fraction of sp³-hybridized carbons (Fsp3) is 0.350. The molecule has 0 aliphatic heterocycles. The first-order valence-electron chi connectivity index (χ1n) is 9.73. The smallest absolute Gasteiger partial charge is 0.345 e. The van der Waals surface area contributed by atoms with E-state index < -0.39 is 16.3 Å². The van der Waals surface area contributed by atoms with Crippen LogP contribution in [0.25, 0.3) is 0 Å². The molecule has 1 atom stereocenters. The lowest BCUT2D eigenvalue weighted by atomic mass is 10.0. The molecule has 0 bridgehead atoms. The molecule has 9 nitrogen and oxygen atoms in total. The molecule has 0 radical (unpaired) electrons. The number of rotatable bonds is 9. The molecule has 0 fully saturated rings. The molecule has 0 saturated carbocycles. The van der Waals surface area contributed by atoms with E-state index in [1.807, 2.05) is 25.5 Å². The molecule has 2 heterocycles. The molecular formula is C20H25N5O4S2. The van der Waals surface area contributed by atoms with Crippen LogP contribution in [0.15, 0.2) is 30.5 Å². The quantitative estimate of drug-likeness (QED) is 0.360. The maximum Gasteiger partial charge on any atom is 0.357 e. The van der Waals surface area contributed by atoms with Crippen LogP contribution in [0.5, 0.6) is 0 Å². The zero-order valence-electron chi connectivity index (χ0n) is 17.5. The van der Waals surface area contributed by atoms with Crippen LogP contribution < -0.4 is 10.0 Å². The number of H-pyrrole nitrogens is 1. The van der Waals surface area contributed by atoms with Crippen molar-refractivity contribution in [1.82, 2.24) is 20.3 Å². The highest BCUT2D eigenvalue weighted by atomic mass is 32.2. The second kappa shape index (κ2) is 9.58. The van der Waals surface area contributed by atoms with Crippen molar-refractivity contribution in [3.63, 3.8) is 0 Å². The molecule has 0 aliphatic rings. The normalized spacial score (nSPS) is 12.5. The molecule has 0 unspecified atom stereocenters. The van der Waals surface area contributed by atoms with Gasteiger partial charge in [0.25, 0.3) is 0 Å². The summed E-state index contributed by atoms with van der Waals surface area (Å²) in [7, 11) is -4.33. The highest BCUT2D eigenvalue weighted by molar-refractivity contribution is 7.87. The highest BCUT2D eigenvalue weighted by Gasteiger charge is 2.20. The van der Waals surface area contributed by atoms with Gasteiger partial charge in [-0.2, -0.15) is 8.42 Å². The van der Waals surface area contributed by atoms with E-state index in [2.05, 4.69) is 20.3 Å². The van der Waals surface area contributed by atoms with Gasteiger partial charge in [0.1, 0.15) is 5.82 Å². The molecule has 1 amide bonds. The van der Waals surface area contributed by atoms with Gasteiger partial charge >= 0.3 is 10.3 Å². The Hall–Kier alpha value is -2.76. The third kappa shape index (κ3) is 6.61. The Morgan fingerprint density at radius 2 is 1.97 bits per heavy atom. The van der Waals surface area contributed by atoms with Crippen molar-refractivity contribution in [1.29, 1.82) is 0 Å². The van der Waals surface area contributed by atoms with Crippen LogP contribution in [0, 0.1) is 13.8 Å². The molecule has 0 spiro atoms. The molecule has 0 aliphatic carbocycles. The van der Waals surface area contributed by atoms with Gasteiger partial charge in [0.15, 0.2) is 0 Å². The monoisotopic (exact) mass is 463 g/mol. The van der Waals surface area contributed by atoms with Gasteiger partial charge in [-0.25, -0.2) is 9.97 Å². The van der Waals surface area contributed by atoms with Crippen molar-refractivity contribution in [2.75, 3.05) is 4.72 Å². The number of benzene rings is 1. The summed E-state index contributed by atoms with van der Waals surface area (Å²) in [5.41, 5.74) is 2.84. The average Bonchev–Trinajstić information content (AvgIpc) is 3.28. The maximum absolute atomic E-state index is 12.7. The van der Waals surface area contributed by atoms with Crippen LogP contribution in [0.2, 0.25) is 0 Å². The lowest BCUT2D eigenvalue weighted by molar-refractivity contribution is -0.121. The van der Waals surface area contributed by atoms with Crippen molar-refractivity contribution in [2.45, 2.75) is 46.1 Å². The largest absolute Gasteiger partial charge is 0.357 e. The Morgan fingerprint density at radius 3 is 2.52 bits per heavy atom. The van der Waals surface area contributed by atoms with Crippen molar-refractivity contribution in [2.24, 2.45) is 0 Å². The Morgan fingerprint density at radius 1 is 1.26 bits per heavy atom. The van der Waals surface area contributed by atoms with E-state index in [0.717, 1.165) is 33.3 Å². The topological polar surface area (TPSA) is 137 Å². The molecule has 4 N–H and O–H groups in total. The number of carbonyl (C=O) groups excluding carboxylic acids is 1. The summed E-state index contributed by atoms with van der Waals surface area (Å²) in [5, 5.41) is 3.96. The summed E-state index contributed by atoms with van der Waals surface area (Å²) in [6, 6.07) is 6.15. The first-order chi connectivity index (χ1) is 14.6. The Labute approximate surface area is 185 Å². The number of imidazole rings is 1. The Kier molecular flexibility index (Phi) is 7.08. The first-order valence-corrected chi connectivity index (χ1v) is 12.0. The van der Waals surface area contributed by atoms with Crippen molar-refractivity contribution in [3.05, 3.63) is 63.1 Å². The number of thiazole rings is 1. The number of anilines is 1. The summed E-state index contributed by atoms with van der Waals surface area (Å²) < 4.78 is 32.8. The van der Waals surface area contributed by atoms with Gasteiger partial charge in [0.2, 0.25) is 5.91 Å². The number of hydrogen-bond acceptors (Lipinski definition) is 6. The van der Waals surface area contributed by atoms with Crippen molar-refractivity contribution in [3.8, 4) is 0 Å².